The first-order valence-corrected chi connectivity index (χ1v) is 11.6. The van der Waals surface area contributed by atoms with Crippen molar-refractivity contribution in [1.82, 2.24) is 0 Å². The number of hydrogen-bond donors (Lipinski definition) is 0. The van der Waals surface area contributed by atoms with Gasteiger partial charge in [0, 0.05) is 6.42 Å². The van der Waals surface area contributed by atoms with Gasteiger partial charge in [-0.05, 0) is 72.6 Å². The van der Waals surface area contributed by atoms with Gasteiger partial charge in [0.1, 0.15) is 0 Å². The predicted octanol–water partition coefficient (Wildman–Crippen LogP) is 8.03. The average Bonchev–Trinajstić information content (AvgIpc) is 2.70. The molecule has 2 aliphatic rings. The standard InChI is InChI=1S/C25H39F/c1-2-3-6-13-22-16-17-23(20-11-7-4-8-12-20)24(18-19-26)25(22)21-14-9-5-10-15-21/h16-17,20-21H,2-15,18-19H2,1H3. The Balaban J connectivity index is 1.97. The quantitative estimate of drug-likeness (QED) is 0.413. The van der Waals surface area contributed by atoms with Gasteiger partial charge in [0.2, 0.25) is 0 Å². The minimum atomic E-state index is -0.197. The molecule has 146 valence electrons. The first-order chi connectivity index (χ1) is 12.8. The van der Waals surface area contributed by atoms with Gasteiger partial charge in [0.05, 0.1) is 6.67 Å². The van der Waals surface area contributed by atoms with Gasteiger partial charge in [-0.15, -0.1) is 0 Å². The van der Waals surface area contributed by atoms with Crippen LogP contribution < -0.4 is 0 Å². The molecule has 2 aliphatic carbocycles. The SMILES string of the molecule is CCCCCc1ccc(C2CCCCC2)c(CCF)c1C1CCCCC1. The van der Waals surface area contributed by atoms with Gasteiger partial charge in [-0.1, -0.05) is 70.4 Å². The summed E-state index contributed by atoms with van der Waals surface area (Å²) in [4.78, 5) is 0. The lowest BCUT2D eigenvalue weighted by Gasteiger charge is -2.31. The summed E-state index contributed by atoms with van der Waals surface area (Å²) in [7, 11) is 0. The zero-order chi connectivity index (χ0) is 18.2. The van der Waals surface area contributed by atoms with Crippen LogP contribution in [0.25, 0.3) is 0 Å². The third-order valence-electron chi connectivity index (χ3n) is 6.94. The molecule has 0 bridgehead atoms. The van der Waals surface area contributed by atoms with Gasteiger partial charge in [0.25, 0.3) is 0 Å². The second-order valence-electron chi connectivity index (χ2n) is 8.77. The summed E-state index contributed by atoms with van der Waals surface area (Å²) in [6.45, 7) is 2.08. The van der Waals surface area contributed by atoms with E-state index in [4.69, 9.17) is 0 Å². The van der Waals surface area contributed by atoms with Crippen LogP contribution in [0, 0.1) is 0 Å². The molecule has 0 N–H and O–H groups in total. The highest BCUT2D eigenvalue weighted by atomic mass is 19.1. The summed E-state index contributed by atoms with van der Waals surface area (Å²) >= 11 is 0. The predicted molar refractivity (Wildman–Crippen MR) is 111 cm³/mol. The smallest absolute Gasteiger partial charge is 0.0934 e. The largest absolute Gasteiger partial charge is 0.251 e. The Bertz CT molecular complexity index is 535. The third-order valence-corrected chi connectivity index (χ3v) is 6.94. The topological polar surface area (TPSA) is 0 Å². The van der Waals surface area contributed by atoms with Crippen molar-refractivity contribution in [3.05, 3.63) is 34.4 Å². The molecule has 0 atom stereocenters. The van der Waals surface area contributed by atoms with E-state index in [0.717, 1.165) is 0 Å². The zero-order valence-corrected chi connectivity index (χ0v) is 17.0. The van der Waals surface area contributed by atoms with Gasteiger partial charge in [-0.2, -0.15) is 0 Å². The van der Waals surface area contributed by atoms with Gasteiger partial charge in [0.15, 0.2) is 0 Å². The molecule has 2 fully saturated rings. The van der Waals surface area contributed by atoms with Gasteiger partial charge < -0.3 is 0 Å². The first-order valence-electron chi connectivity index (χ1n) is 11.6. The molecular weight excluding hydrogens is 319 g/mol. The van der Waals surface area contributed by atoms with Crippen LogP contribution in [0.4, 0.5) is 4.39 Å². The molecule has 0 unspecified atom stereocenters. The molecule has 2 saturated carbocycles. The highest BCUT2D eigenvalue weighted by Crippen LogP contribution is 2.42. The van der Waals surface area contributed by atoms with Crippen LogP contribution in [0.15, 0.2) is 12.1 Å². The van der Waals surface area contributed by atoms with E-state index in [2.05, 4.69) is 19.1 Å². The molecule has 1 heteroatoms. The van der Waals surface area contributed by atoms with Gasteiger partial charge in [-0.25, -0.2) is 0 Å². The van der Waals surface area contributed by atoms with E-state index in [0.29, 0.717) is 18.3 Å². The summed E-state index contributed by atoms with van der Waals surface area (Å²) in [6.07, 6.45) is 19.2. The average molecular weight is 359 g/mol. The van der Waals surface area contributed by atoms with E-state index >= 15 is 0 Å². The van der Waals surface area contributed by atoms with Crippen LogP contribution in [0.2, 0.25) is 0 Å². The Labute approximate surface area is 161 Å². The highest BCUT2D eigenvalue weighted by Gasteiger charge is 2.26. The molecule has 0 nitrogen and oxygen atoms in total. The molecule has 0 saturated heterocycles. The van der Waals surface area contributed by atoms with E-state index in [-0.39, 0.29) is 6.67 Å². The van der Waals surface area contributed by atoms with Crippen LogP contribution in [0.3, 0.4) is 0 Å². The second-order valence-corrected chi connectivity index (χ2v) is 8.77. The Morgan fingerprint density at radius 3 is 2.08 bits per heavy atom. The number of alkyl halides is 1. The van der Waals surface area contributed by atoms with Crippen molar-refractivity contribution < 1.29 is 4.39 Å². The van der Waals surface area contributed by atoms with Crippen molar-refractivity contribution in [2.45, 2.75) is 115 Å². The molecule has 0 aromatic heterocycles. The molecule has 1 aromatic carbocycles. The number of benzene rings is 1. The lowest BCUT2D eigenvalue weighted by molar-refractivity contribution is 0.424. The highest BCUT2D eigenvalue weighted by molar-refractivity contribution is 5.46. The fraction of sp³-hybridized carbons (Fsp3) is 0.760. The van der Waals surface area contributed by atoms with Crippen molar-refractivity contribution in [1.29, 1.82) is 0 Å². The Morgan fingerprint density at radius 2 is 1.46 bits per heavy atom. The number of halogens is 1. The van der Waals surface area contributed by atoms with Crippen LogP contribution in [0.5, 0.6) is 0 Å². The maximum atomic E-state index is 13.6. The summed E-state index contributed by atoms with van der Waals surface area (Å²) < 4.78 is 13.6. The van der Waals surface area contributed by atoms with Gasteiger partial charge in [-0.3, -0.25) is 4.39 Å². The van der Waals surface area contributed by atoms with Crippen molar-refractivity contribution in [3.8, 4) is 0 Å². The van der Waals surface area contributed by atoms with Crippen molar-refractivity contribution in [2.75, 3.05) is 6.67 Å². The monoisotopic (exact) mass is 358 g/mol. The van der Waals surface area contributed by atoms with E-state index in [9.17, 15) is 4.39 Å². The molecule has 1 aromatic rings. The molecule has 0 heterocycles. The van der Waals surface area contributed by atoms with Crippen molar-refractivity contribution >= 4 is 0 Å². The molecule has 0 amide bonds. The number of aryl methyl sites for hydroxylation is 1. The molecule has 0 radical (unpaired) electrons. The molecular formula is C25H39F. The van der Waals surface area contributed by atoms with Gasteiger partial charge >= 0.3 is 0 Å². The number of hydrogen-bond acceptors (Lipinski definition) is 0. The van der Waals surface area contributed by atoms with Crippen LogP contribution in [-0.4, -0.2) is 6.67 Å². The molecule has 26 heavy (non-hydrogen) atoms. The van der Waals surface area contributed by atoms with E-state index in [1.165, 1.54) is 101 Å². The Morgan fingerprint density at radius 1 is 0.808 bits per heavy atom. The maximum Gasteiger partial charge on any atom is 0.0934 e. The maximum absolute atomic E-state index is 13.6. The molecule has 0 spiro atoms. The summed E-state index contributed by atoms with van der Waals surface area (Å²) in [5, 5.41) is 0. The van der Waals surface area contributed by atoms with Crippen LogP contribution >= 0.6 is 0 Å². The fourth-order valence-electron chi connectivity index (χ4n) is 5.58. The van der Waals surface area contributed by atoms with Crippen LogP contribution in [0.1, 0.15) is 124 Å². The third kappa shape index (κ3) is 4.90. The van der Waals surface area contributed by atoms with Crippen molar-refractivity contribution in [2.24, 2.45) is 0 Å². The second kappa shape index (κ2) is 10.5. The van der Waals surface area contributed by atoms with E-state index in [1.54, 1.807) is 11.1 Å². The summed E-state index contributed by atoms with van der Waals surface area (Å²) in [5.41, 5.74) is 6.15. The first kappa shape index (κ1) is 19.9. The normalized spacial score (nSPS) is 19.8. The van der Waals surface area contributed by atoms with E-state index < -0.39 is 0 Å². The van der Waals surface area contributed by atoms with Crippen LogP contribution in [-0.2, 0) is 12.8 Å². The summed E-state index contributed by atoms with van der Waals surface area (Å²) in [6, 6.07) is 4.86. The van der Waals surface area contributed by atoms with E-state index in [1.807, 2.05) is 0 Å². The Kier molecular flexibility index (Phi) is 8.02. The number of rotatable bonds is 8. The zero-order valence-electron chi connectivity index (χ0n) is 17.0. The minimum absolute atomic E-state index is 0.197. The number of unbranched alkanes of at least 4 members (excludes halogenated alkanes) is 2. The summed E-state index contributed by atoms with van der Waals surface area (Å²) in [5.74, 6) is 1.39. The lowest BCUT2D eigenvalue weighted by atomic mass is 9.74. The fourth-order valence-corrected chi connectivity index (χ4v) is 5.58. The lowest BCUT2D eigenvalue weighted by Crippen LogP contribution is -2.16. The molecule has 0 aliphatic heterocycles. The Hall–Kier alpha value is -0.850. The minimum Gasteiger partial charge on any atom is -0.251 e. The molecule has 3 rings (SSSR count). The van der Waals surface area contributed by atoms with Crippen molar-refractivity contribution in [3.63, 3.8) is 0 Å².